The Labute approximate surface area is 110 Å². The lowest BCUT2D eigenvalue weighted by Crippen LogP contribution is -2.23. The van der Waals surface area contributed by atoms with Gasteiger partial charge in [-0.2, -0.15) is 0 Å². The SMILES string of the molecule is CC(CN)S(=O)Cc1ccc(Br)cc1[N+](=O)[O-]. The molecule has 2 N–H and O–H groups in total. The van der Waals surface area contributed by atoms with Crippen molar-refractivity contribution in [2.24, 2.45) is 5.73 Å². The number of nitro groups is 1. The fourth-order valence-electron chi connectivity index (χ4n) is 1.23. The molecule has 1 aromatic rings. The standard InChI is InChI=1S/C10H13BrN2O3S/c1-7(5-12)17(16)6-8-2-3-9(11)4-10(8)13(14)15/h2-4,7H,5-6,12H2,1H3. The second kappa shape index (κ2) is 6.23. The Hall–Kier alpha value is -0.790. The summed E-state index contributed by atoms with van der Waals surface area (Å²) < 4.78 is 12.4. The Balaban J connectivity index is 2.98. The topological polar surface area (TPSA) is 86.2 Å². The maximum atomic E-state index is 11.8. The average molecular weight is 321 g/mol. The molecule has 2 unspecified atom stereocenters. The van der Waals surface area contributed by atoms with Crippen LogP contribution in [0.5, 0.6) is 0 Å². The van der Waals surface area contributed by atoms with Crippen LogP contribution < -0.4 is 5.73 Å². The van der Waals surface area contributed by atoms with Gasteiger partial charge in [0.25, 0.3) is 5.69 Å². The fourth-order valence-corrected chi connectivity index (χ4v) is 2.63. The molecule has 2 atom stereocenters. The molecule has 0 saturated heterocycles. The second-order valence-electron chi connectivity index (χ2n) is 3.60. The van der Waals surface area contributed by atoms with Crippen LogP contribution in [0.1, 0.15) is 12.5 Å². The van der Waals surface area contributed by atoms with Crippen molar-refractivity contribution < 1.29 is 9.13 Å². The van der Waals surface area contributed by atoms with Gasteiger partial charge in [-0.05, 0) is 13.0 Å². The monoisotopic (exact) mass is 320 g/mol. The van der Waals surface area contributed by atoms with Crippen molar-refractivity contribution in [2.45, 2.75) is 17.9 Å². The molecule has 1 rings (SSSR count). The maximum Gasteiger partial charge on any atom is 0.274 e. The van der Waals surface area contributed by atoms with E-state index in [2.05, 4.69) is 15.9 Å². The Morgan fingerprint density at radius 2 is 2.24 bits per heavy atom. The predicted molar refractivity (Wildman–Crippen MR) is 71.2 cm³/mol. The van der Waals surface area contributed by atoms with Crippen molar-refractivity contribution in [1.29, 1.82) is 0 Å². The third kappa shape index (κ3) is 3.86. The molecular formula is C10H13BrN2O3S. The van der Waals surface area contributed by atoms with Gasteiger partial charge in [0.05, 0.1) is 10.7 Å². The Morgan fingerprint density at radius 1 is 1.59 bits per heavy atom. The van der Waals surface area contributed by atoms with Gasteiger partial charge in [0.1, 0.15) is 0 Å². The highest BCUT2D eigenvalue weighted by atomic mass is 79.9. The zero-order chi connectivity index (χ0) is 13.0. The van der Waals surface area contributed by atoms with Crippen LogP contribution in [0.15, 0.2) is 22.7 Å². The number of nitrogens with zero attached hydrogens (tertiary/aromatic N) is 1. The van der Waals surface area contributed by atoms with Crippen LogP contribution in [0, 0.1) is 10.1 Å². The van der Waals surface area contributed by atoms with Gasteiger partial charge in [-0.25, -0.2) is 0 Å². The third-order valence-corrected chi connectivity index (χ3v) is 4.50. The van der Waals surface area contributed by atoms with E-state index in [9.17, 15) is 14.3 Å². The van der Waals surface area contributed by atoms with Crippen LogP contribution >= 0.6 is 15.9 Å². The quantitative estimate of drug-likeness (QED) is 0.663. The number of hydrogen-bond donors (Lipinski definition) is 1. The molecule has 0 heterocycles. The first-order valence-corrected chi connectivity index (χ1v) is 7.13. The molecule has 7 heteroatoms. The minimum atomic E-state index is -1.19. The summed E-state index contributed by atoms with van der Waals surface area (Å²) in [5.74, 6) is 0.155. The second-order valence-corrected chi connectivity index (χ2v) is 6.37. The molecule has 17 heavy (non-hydrogen) atoms. The number of halogens is 1. The summed E-state index contributed by atoms with van der Waals surface area (Å²) >= 11 is 3.17. The molecular weight excluding hydrogens is 308 g/mol. The Morgan fingerprint density at radius 3 is 2.76 bits per heavy atom. The van der Waals surface area contributed by atoms with Crippen molar-refractivity contribution in [3.05, 3.63) is 38.3 Å². The zero-order valence-electron chi connectivity index (χ0n) is 9.26. The molecule has 0 aliphatic carbocycles. The molecule has 0 saturated carbocycles. The van der Waals surface area contributed by atoms with E-state index in [-0.39, 0.29) is 16.7 Å². The van der Waals surface area contributed by atoms with Crippen molar-refractivity contribution in [1.82, 2.24) is 0 Å². The first-order valence-electron chi connectivity index (χ1n) is 4.95. The lowest BCUT2D eigenvalue weighted by Gasteiger charge is -2.09. The Bertz CT molecular complexity index is 453. The molecule has 0 aliphatic rings. The number of benzene rings is 1. The average Bonchev–Trinajstić information content (AvgIpc) is 2.29. The van der Waals surface area contributed by atoms with Gasteiger partial charge >= 0.3 is 0 Å². The van der Waals surface area contributed by atoms with Gasteiger partial charge in [-0.15, -0.1) is 0 Å². The maximum absolute atomic E-state index is 11.8. The van der Waals surface area contributed by atoms with E-state index in [4.69, 9.17) is 5.73 Å². The lowest BCUT2D eigenvalue weighted by atomic mass is 10.2. The predicted octanol–water partition coefficient (Wildman–Crippen LogP) is 1.95. The van der Waals surface area contributed by atoms with Crippen molar-refractivity contribution in [3.63, 3.8) is 0 Å². The van der Waals surface area contributed by atoms with E-state index in [1.165, 1.54) is 6.07 Å². The van der Waals surface area contributed by atoms with E-state index >= 15 is 0 Å². The van der Waals surface area contributed by atoms with Crippen LogP contribution in [-0.4, -0.2) is 20.9 Å². The minimum Gasteiger partial charge on any atom is -0.329 e. The van der Waals surface area contributed by atoms with Crippen LogP contribution in [0.25, 0.3) is 0 Å². The number of nitrogens with two attached hydrogens (primary N) is 1. The Kier molecular flexibility index (Phi) is 5.23. The molecule has 1 aromatic carbocycles. The molecule has 94 valence electrons. The zero-order valence-corrected chi connectivity index (χ0v) is 11.7. The van der Waals surface area contributed by atoms with Gasteiger partial charge in [-0.3, -0.25) is 14.3 Å². The summed E-state index contributed by atoms with van der Waals surface area (Å²) in [5.41, 5.74) is 5.87. The molecule has 0 amide bonds. The van der Waals surface area contributed by atoms with E-state index < -0.39 is 15.7 Å². The van der Waals surface area contributed by atoms with Crippen LogP contribution in [0.4, 0.5) is 5.69 Å². The number of rotatable bonds is 5. The van der Waals surface area contributed by atoms with Crippen LogP contribution in [-0.2, 0) is 16.6 Å². The highest BCUT2D eigenvalue weighted by Gasteiger charge is 2.18. The summed E-state index contributed by atoms with van der Waals surface area (Å²) in [6.45, 7) is 2.07. The summed E-state index contributed by atoms with van der Waals surface area (Å²) in [6.07, 6.45) is 0. The van der Waals surface area contributed by atoms with Crippen molar-refractivity contribution in [2.75, 3.05) is 6.54 Å². The van der Waals surface area contributed by atoms with Gasteiger partial charge in [0.2, 0.25) is 0 Å². The van der Waals surface area contributed by atoms with E-state index in [0.29, 0.717) is 16.6 Å². The normalized spacial score (nSPS) is 14.3. The van der Waals surface area contributed by atoms with Crippen molar-refractivity contribution in [3.8, 4) is 0 Å². The smallest absolute Gasteiger partial charge is 0.274 e. The molecule has 0 spiro atoms. The molecule has 0 fully saturated rings. The molecule has 0 radical (unpaired) electrons. The number of nitro benzene ring substituents is 1. The van der Waals surface area contributed by atoms with Crippen LogP contribution in [0.3, 0.4) is 0 Å². The van der Waals surface area contributed by atoms with Gasteiger partial charge in [-0.1, -0.05) is 22.0 Å². The fraction of sp³-hybridized carbons (Fsp3) is 0.400. The largest absolute Gasteiger partial charge is 0.329 e. The first kappa shape index (κ1) is 14.3. The highest BCUT2D eigenvalue weighted by Crippen LogP contribution is 2.25. The summed E-state index contributed by atoms with van der Waals surface area (Å²) in [5, 5.41) is 10.7. The molecule has 0 aromatic heterocycles. The highest BCUT2D eigenvalue weighted by molar-refractivity contribution is 9.10. The van der Waals surface area contributed by atoms with E-state index in [1.807, 2.05) is 0 Å². The van der Waals surface area contributed by atoms with Crippen LogP contribution in [0.2, 0.25) is 0 Å². The first-order chi connectivity index (χ1) is 7.95. The summed E-state index contributed by atoms with van der Waals surface area (Å²) in [7, 11) is -1.19. The lowest BCUT2D eigenvalue weighted by molar-refractivity contribution is -0.385. The molecule has 0 aliphatic heterocycles. The van der Waals surface area contributed by atoms with Crippen molar-refractivity contribution >= 4 is 32.4 Å². The number of hydrogen-bond acceptors (Lipinski definition) is 4. The van der Waals surface area contributed by atoms with Gasteiger partial charge in [0.15, 0.2) is 0 Å². The summed E-state index contributed by atoms with van der Waals surface area (Å²) in [4.78, 5) is 10.4. The molecule has 0 bridgehead atoms. The molecule has 5 nitrogen and oxygen atoms in total. The summed E-state index contributed by atoms with van der Waals surface area (Å²) in [6, 6.07) is 4.73. The van der Waals surface area contributed by atoms with Gasteiger partial charge in [0, 0.05) is 38.7 Å². The van der Waals surface area contributed by atoms with E-state index in [1.54, 1.807) is 19.1 Å². The minimum absolute atomic E-state index is 0.0167. The van der Waals surface area contributed by atoms with Gasteiger partial charge < -0.3 is 5.73 Å². The van der Waals surface area contributed by atoms with E-state index in [0.717, 1.165) is 0 Å². The third-order valence-electron chi connectivity index (χ3n) is 2.32.